The van der Waals surface area contributed by atoms with E-state index in [0.717, 1.165) is 41.9 Å². The standard InChI is InChI=1S/C23H23N5/c1-3-7-18(8-4-1)17-19-13-15-27(16-14-19)22-12-11-21-24-25-23(28(21)26-22)20-9-5-2-6-10-20/h1-12,19H,13-17H2. The van der Waals surface area contributed by atoms with Crippen LogP contribution in [0.25, 0.3) is 17.0 Å². The molecule has 0 amide bonds. The van der Waals surface area contributed by atoms with E-state index < -0.39 is 0 Å². The molecule has 0 aliphatic carbocycles. The van der Waals surface area contributed by atoms with Crippen LogP contribution in [-0.2, 0) is 6.42 Å². The van der Waals surface area contributed by atoms with E-state index in [2.05, 4.69) is 51.5 Å². The SMILES string of the molecule is c1ccc(CC2CCN(c3ccc4nnc(-c5ccccc5)n4n3)CC2)cc1. The third-order valence-corrected chi connectivity index (χ3v) is 5.59. The van der Waals surface area contributed by atoms with Gasteiger partial charge in [-0.2, -0.15) is 4.52 Å². The second kappa shape index (κ2) is 7.43. The Morgan fingerprint density at radius 3 is 2.25 bits per heavy atom. The summed E-state index contributed by atoms with van der Waals surface area (Å²) in [4.78, 5) is 2.38. The molecule has 5 heteroatoms. The van der Waals surface area contributed by atoms with E-state index in [4.69, 9.17) is 5.10 Å². The van der Waals surface area contributed by atoms with Gasteiger partial charge in [-0.15, -0.1) is 15.3 Å². The van der Waals surface area contributed by atoms with Crippen LogP contribution in [0.15, 0.2) is 72.8 Å². The van der Waals surface area contributed by atoms with Gasteiger partial charge in [-0.1, -0.05) is 60.7 Å². The highest BCUT2D eigenvalue weighted by molar-refractivity contribution is 5.59. The van der Waals surface area contributed by atoms with Crippen molar-refractivity contribution in [2.24, 2.45) is 5.92 Å². The molecule has 4 aromatic rings. The fourth-order valence-corrected chi connectivity index (χ4v) is 4.03. The molecule has 28 heavy (non-hydrogen) atoms. The maximum absolute atomic E-state index is 4.86. The molecule has 0 N–H and O–H groups in total. The van der Waals surface area contributed by atoms with E-state index in [1.165, 1.54) is 24.8 Å². The van der Waals surface area contributed by atoms with Crippen molar-refractivity contribution in [1.82, 2.24) is 19.8 Å². The lowest BCUT2D eigenvalue weighted by molar-refractivity contribution is 0.401. The number of rotatable bonds is 4. The van der Waals surface area contributed by atoms with Crippen molar-refractivity contribution in [3.05, 3.63) is 78.4 Å². The molecule has 0 saturated carbocycles. The molecule has 1 saturated heterocycles. The highest BCUT2D eigenvalue weighted by atomic mass is 15.4. The van der Waals surface area contributed by atoms with Crippen molar-refractivity contribution in [1.29, 1.82) is 0 Å². The summed E-state index contributed by atoms with van der Waals surface area (Å²) in [5, 5.41) is 13.5. The van der Waals surface area contributed by atoms with Crippen LogP contribution >= 0.6 is 0 Å². The maximum atomic E-state index is 4.86. The summed E-state index contributed by atoms with van der Waals surface area (Å²) >= 11 is 0. The number of anilines is 1. The topological polar surface area (TPSA) is 46.3 Å². The van der Waals surface area contributed by atoms with Gasteiger partial charge in [-0.05, 0) is 42.9 Å². The Labute approximate surface area is 164 Å². The smallest absolute Gasteiger partial charge is 0.185 e. The van der Waals surface area contributed by atoms with Gasteiger partial charge in [-0.25, -0.2) is 0 Å². The van der Waals surface area contributed by atoms with Crippen molar-refractivity contribution in [2.45, 2.75) is 19.3 Å². The Hall–Kier alpha value is -3.21. The highest BCUT2D eigenvalue weighted by Gasteiger charge is 2.21. The molecular weight excluding hydrogens is 346 g/mol. The van der Waals surface area contributed by atoms with Crippen molar-refractivity contribution >= 4 is 11.5 Å². The normalized spacial score (nSPS) is 15.2. The van der Waals surface area contributed by atoms with Gasteiger partial charge in [0.25, 0.3) is 0 Å². The molecular formula is C23H23N5. The summed E-state index contributed by atoms with van der Waals surface area (Å²) in [6, 6.07) is 25.0. The Morgan fingerprint density at radius 2 is 1.50 bits per heavy atom. The van der Waals surface area contributed by atoms with Crippen LogP contribution < -0.4 is 4.90 Å². The minimum atomic E-state index is 0.747. The number of hydrogen-bond acceptors (Lipinski definition) is 4. The number of nitrogens with zero attached hydrogens (tertiary/aromatic N) is 5. The minimum Gasteiger partial charge on any atom is -0.355 e. The zero-order chi connectivity index (χ0) is 18.8. The summed E-state index contributed by atoms with van der Waals surface area (Å²) in [6.07, 6.45) is 3.56. The summed E-state index contributed by atoms with van der Waals surface area (Å²) in [5.41, 5.74) is 3.25. The first kappa shape index (κ1) is 16.9. The zero-order valence-electron chi connectivity index (χ0n) is 15.8. The average molecular weight is 369 g/mol. The Bertz CT molecular complexity index is 1050. The fourth-order valence-electron chi connectivity index (χ4n) is 4.03. The molecule has 2 aromatic heterocycles. The van der Waals surface area contributed by atoms with E-state index in [1.807, 2.05) is 40.9 Å². The fraction of sp³-hybridized carbons (Fsp3) is 0.261. The largest absolute Gasteiger partial charge is 0.355 e. The molecule has 0 bridgehead atoms. The van der Waals surface area contributed by atoms with Gasteiger partial charge in [-0.3, -0.25) is 0 Å². The van der Waals surface area contributed by atoms with Gasteiger partial charge in [0.05, 0.1) is 0 Å². The number of benzene rings is 2. The van der Waals surface area contributed by atoms with Crippen LogP contribution in [0.4, 0.5) is 5.82 Å². The average Bonchev–Trinajstić information content (AvgIpc) is 3.19. The maximum Gasteiger partial charge on any atom is 0.185 e. The summed E-state index contributed by atoms with van der Waals surface area (Å²) < 4.78 is 1.86. The first-order valence-electron chi connectivity index (χ1n) is 9.93. The molecule has 5 rings (SSSR count). The Morgan fingerprint density at radius 1 is 0.786 bits per heavy atom. The summed E-state index contributed by atoms with van der Waals surface area (Å²) in [6.45, 7) is 2.08. The van der Waals surface area contributed by atoms with E-state index in [1.54, 1.807) is 0 Å². The van der Waals surface area contributed by atoms with Crippen LogP contribution in [0, 0.1) is 5.92 Å². The Balaban J connectivity index is 1.33. The molecule has 5 nitrogen and oxygen atoms in total. The lowest BCUT2D eigenvalue weighted by atomic mass is 9.90. The quantitative estimate of drug-likeness (QED) is 0.539. The summed E-state index contributed by atoms with van der Waals surface area (Å²) in [7, 11) is 0. The van der Waals surface area contributed by atoms with Gasteiger partial charge in [0.2, 0.25) is 0 Å². The third-order valence-electron chi connectivity index (χ3n) is 5.59. The molecule has 2 aromatic carbocycles. The van der Waals surface area contributed by atoms with Crippen molar-refractivity contribution in [3.63, 3.8) is 0 Å². The van der Waals surface area contributed by atoms with Crippen LogP contribution in [0.2, 0.25) is 0 Å². The number of aromatic nitrogens is 4. The Kier molecular flexibility index (Phi) is 4.49. The van der Waals surface area contributed by atoms with Gasteiger partial charge >= 0.3 is 0 Å². The molecule has 1 aliphatic heterocycles. The van der Waals surface area contributed by atoms with Crippen LogP contribution in [0.3, 0.4) is 0 Å². The van der Waals surface area contributed by atoms with Gasteiger partial charge < -0.3 is 4.90 Å². The predicted molar refractivity (Wildman–Crippen MR) is 111 cm³/mol. The molecule has 140 valence electrons. The molecule has 0 unspecified atom stereocenters. The van der Waals surface area contributed by atoms with Crippen molar-refractivity contribution in [2.75, 3.05) is 18.0 Å². The van der Waals surface area contributed by atoms with Gasteiger partial charge in [0, 0.05) is 18.7 Å². The monoisotopic (exact) mass is 369 g/mol. The second-order valence-corrected chi connectivity index (χ2v) is 7.47. The first-order chi connectivity index (χ1) is 13.9. The van der Waals surface area contributed by atoms with Crippen LogP contribution in [-0.4, -0.2) is 32.9 Å². The molecule has 1 fully saturated rings. The van der Waals surface area contributed by atoms with Crippen LogP contribution in [0.1, 0.15) is 18.4 Å². The van der Waals surface area contributed by atoms with Gasteiger partial charge in [0.1, 0.15) is 5.82 Å². The summed E-state index contributed by atoms with van der Waals surface area (Å²) in [5.74, 6) is 2.54. The number of hydrogen-bond donors (Lipinski definition) is 0. The molecule has 1 aliphatic rings. The molecule has 0 atom stereocenters. The molecule has 0 spiro atoms. The van der Waals surface area contributed by atoms with Crippen molar-refractivity contribution < 1.29 is 0 Å². The first-order valence-corrected chi connectivity index (χ1v) is 9.93. The predicted octanol–water partition coefficient (Wildman–Crippen LogP) is 4.25. The van der Waals surface area contributed by atoms with E-state index in [9.17, 15) is 0 Å². The lowest BCUT2D eigenvalue weighted by Crippen LogP contribution is -2.35. The molecule has 0 radical (unpaired) electrons. The van der Waals surface area contributed by atoms with Crippen LogP contribution in [0.5, 0.6) is 0 Å². The van der Waals surface area contributed by atoms with Crippen molar-refractivity contribution in [3.8, 4) is 11.4 Å². The van der Waals surface area contributed by atoms with E-state index in [-0.39, 0.29) is 0 Å². The van der Waals surface area contributed by atoms with E-state index in [0.29, 0.717) is 0 Å². The lowest BCUT2D eigenvalue weighted by Gasteiger charge is -2.32. The number of piperidine rings is 1. The van der Waals surface area contributed by atoms with E-state index >= 15 is 0 Å². The second-order valence-electron chi connectivity index (χ2n) is 7.47. The highest BCUT2D eigenvalue weighted by Crippen LogP contribution is 2.25. The minimum absolute atomic E-state index is 0.747. The third kappa shape index (κ3) is 3.36. The van der Waals surface area contributed by atoms with Gasteiger partial charge in [0.15, 0.2) is 11.5 Å². The zero-order valence-corrected chi connectivity index (χ0v) is 15.8. The number of fused-ring (bicyclic) bond motifs is 1. The molecule has 3 heterocycles.